The molecule has 0 unspecified atom stereocenters. The van der Waals surface area contributed by atoms with Gasteiger partial charge in [0.15, 0.2) is 0 Å². The molecule has 0 aromatic carbocycles. The second kappa shape index (κ2) is 7.43. The van der Waals surface area contributed by atoms with Crippen molar-refractivity contribution < 1.29 is 14.4 Å². The molecular weight excluding hydrogens is 354 g/mol. The number of Topliss-reactive ketones (excluding diaryl/α,β-unsaturated/α-hetero) is 1. The maximum absolute atomic E-state index is 12.6. The highest BCUT2D eigenvalue weighted by Crippen LogP contribution is 2.65. The molecule has 4 fully saturated rings. The van der Waals surface area contributed by atoms with E-state index in [0.717, 1.165) is 63.5 Å². The van der Waals surface area contributed by atoms with Crippen LogP contribution in [0, 0.1) is 34.5 Å². The van der Waals surface area contributed by atoms with Crippen LogP contribution in [0.4, 0.5) is 0 Å². The molecule has 0 aromatic rings. The molecule has 0 spiro atoms. The minimum atomic E-state index is -0.132. The fourth-order valence-electron chi connectivity index (χ4n) is 7.46. The molecule has 0 heterocycles. The first-order valence-electron chi connectivity index (χ1n) is 11.0. The van der Waals surface area contributed by atoms with E-state index in [0.29, 0.717) is 42.6 Å². The lowest BCUT2D eigenvalue weighted by molar-refractivity contribution is -0.140. The number of nitrogens with two attached hydrogens (primary N) is 1. The highest BCUT2D eigenvalue weighted by Gasteiger charge is 2.62. The number of carbonyl (C=O) groups is 2. The number of hydrogen-bond donors (Lipinski definition) is 2. The summed E-state index contributed by atoms with van der Waals surface area (Å²) in [6, 6.07) is 0.154. The number of oxime groups is 1. The molecule has 0 saturated heterocycles. The summed E-state index contributed by atoms with van der Waals surface area (Å²) < 4.78 is 0. The zero-order chi connectivity index (χ0) is 19.9. The van der Waals surface area contributed by atoms with Crippen molar-refractivity contribution in [3.63, 3.8) is 0 Å². The van der Waals surface area contributed by atoms with Crippen LogP contribution in [0.2, 0.25) is 0 Å². The van der Waals surface area contributed by atoms with Crippen LogP contribution in [-0.2, 0) is 14.4 Å². The summed E-state index contributed by atoms with van der Waals surface area (Å²) in [6.45, 7) is 5.56. The van der Waals surface area contributed by atoms with Gasteiger partial charge in [-0.2, -0.15) is 0 Å². The second-order valence-corrected chi connectivity index (χ2v) is 10.0. The van der Waals surface area contributed by atoms with E-state index in [9.17, 15) is 9.59 Å². The van der Waals surface area contributed by atoms with Crippen molar-refractivity contribution in [1.29, 1.82) is 0 Å². The van der Waals surface area contributed by atoms with Crippen LogP contribution in [0.5, 0.6) is 0 Å². The fraction of sp³-hybridized carbons (Fsp3) is 0.864. The van der Waals surface area contributed by atoms with E-state index < -0.39 is 0 Å². The van der Waals surface area contributed by atoms with E-state index in [1.165, 1.54) is 0 Å². The summed E-state index contributed by atoms with van der Waals surface area (Å²) in [4.78, 5) is 29.4. The van der Waals surface area contributed by atoms with E-state index in [4.69, 9.17) is 10.6 Å². The predicted octanol–water partition coefficient (Wildman–Crippen LogP) is 2.65. The standard InChI is InChI=1S/C22H35N3O3/c1-21-7-5-14(25-28-10-9-23)11-18(21)19(24-13-26)12-15-16-3-4-20(27)22(16,2)8-6-17(15)21/h13,15-19H,3-12,23H2,1-2H3,(H,24,26)/b25-14+/t15-,16-,17-,18+,19-,21+,22-/m0/s1. The first kappa shape index (κ1) is 19.9. The van der Waals surface area contributed by atoms with Gasteiger partial charge in [0.1, 0.15) is 12.4 Å². The van der Waals surface area contributed by atoms with Gasteiger partial charge in [-0.25, -0.2) is 0 Å². The monoisotopic (exact) mass is 389 g/mol. The number of nitrogens with one attached hydrogen (secondary N) is 1. The zero-order valence-electron chi connectivity index (χ0n) is 17.3. The Morgan fingerprint density at radius 1 is 1.21 bits per heavy atom. The molecule has 28 heavy (non-hydrogen) atoms. The Morgan fingerprint density at radius 3 is 2.79 bits per heavy atom. The number of carbonyl (C=O) groups excluding carboxylic acids is 2. The van der Waals surface area contributed by atoms with Gasteiger partial charge in [-0.05, 0) is 74.0 Å². The van der Waals surface area contributed by atoms with Crippen LogP contribution < -0.4 is 11.1 Å². The number of amides is 1. The third-order valence-corrected chi connectivity index (χ3v) is 8.94. The third kappa shape index (κ3) is 2.99. The molecule has 4 aliphatic rings. The molecule has 0 aromatic heterocycles. The predicted molar refractivity (Wildman–Crippen MR) is 108 cm³/mol. The van der Waals surface area contributed by atoms with E-state index in [1.54, 1.807) is 0 Å². The van der Waals surface area contributed by atoms with Crippen LogP contribution in [0.15, 0.2) is 5.16 Å². The first-order chi connectivity index (χ1) is 13.4. The minimum Gasteiger partial charge on any atom is -0.395 e. The van der Waals surface area contributed by atoms with E-state index in [1.807, 2.05) is 0 Å². The molecule has 4 aliphatic carbocycles. The Hall–Kier alpha value is -1.43. The lowest BCUT2D eigenvalue weighted by Crippen LogP contribution is -2.60. The SMILES string of the molecule is C[C@]12CC/C(=N\OCCN)C[C@@H]1[C@@H](NC=O)C[C@@H]1[C@@H]2CC[C@]2(C)C(=O)CC[C@@H]12. The number of nitrogens with zero attached hydrogens (tertiary/aromatic N) is 1. The van der Waals surface area contributed by atoms with Gasteiger partial charge in [0.05, 0.1) is 5.71 Å². The molecule has 4 rings (SSSR count). The molecule has 6 nitrogen and oxygen atoms in total. The minimum absolute atomic E-state index is 0.132. The van der Waals surface area contributed by atoms with Gasteiger partial charge in [-0.15, -0.1) is 0 Å². The van der Waals surface area contributed by atoms with Crippen LogP contribution in [0.3, 0.4) is 0 Å². The zero-order valence-corrected chi connectivity index (χ0v) is 17.3. The summed E-state index contributed by atoms with van der Waals surface area (Å²) in [5, 5.41) is 7.50. The summed E-state index contributed by atoms with van der Waals surface area (Å²) in [5.41, 5.74) is 6.66. The Balaban J connectivity index is 1.61. The number of ketones is 1. The highest BCUT2D eigenvalue weighted by atomic mass is 16.6. The van der Waals surface area contributed by atoms with Gasteiger partial charge in [0.2, 0.25) is 6.41 Å². The molecule has 0 bridgehead atoms. The average Bonchev–Trinajstić information content (AvgIpc) is 2.98. The number of fused-ring (bicyclic) bond motifs is 5. The topological polar surface area (TPSA) is 93.8 Å². The second-order valence-electron chi connectivity index (χ2n) is 10.0. The number of hydrogen-bond acceptors (Lipinski definition) is 5. The first-order valence-corrected chi connectivity index (χ1v) is 11.0. The van der Waals surface area contributed by atoms with Crippen LogP contribution >= 0.6 is 0 Å². The van der Waals surface area contributed by atoms with Gasteiger partial charge >= 0.3 is 0 Å². The Morgan fingerprint density at radius 2 is 2.04 bits per heavy atom. The van der Waals surface area contributed by atoms with Gasteiger partial charge < -0.3 is 15.9 Å². The quantitative estimate of drug-likeness (QED) is 0.429. The highest BCUT2D eigenvalue weighted by molar-refractivity contribution is 5.87. The van der Waals surface area contributed by atoms with E-state index in [2.05, 4.69) is 24.3 Å². The Labute approximate surface area is 168 Å². The Kier molecular flexibility index (Phi) is 5.27. The maximum atomic E-state index is 12.6. The normalized spacial score (nSPS) is 46.5. The lowest BCUT2D eigenvalue weighted by Gasteiger charge is -2.61. The van der Waals surface area contributed by atoms with Crippen molar-refractivity contribution >= 4 is 17.9 Å². The van der Waals surface area contributed by atoms with E-state index in [-0.39, 0.29) is 16.9 Å². The molecule has 6 heteroatoms. The van der Waals surface area contributed by atoms with Crippen molar-refractivity contribution in [3.8, 4) is 0 Å². The molecule has 0 radical (unpaired) electrons. The van der Waals surface area contributed by atoms with Crippen LogP contribution in [0.25, 0.3) is 0 Å². The van der Waals surface area contributed by atoms with Crippen molar-refractivity contribution in [1.82, 2.24) is 5.32 Å². The van der Waals surface area contributed by atoms with Crippen molar-refractivity contribution in [2.45, 2.75) is 71.3 Å². The molecule has 156 valence electrons. The van der Waals surface area contributed by atoms with Gasteiger partial charge in [0.25, 0.3) is 0 Å². The van der Waals surface area contributed by atoms with E-state index >= 15 is 0 Å². The summed E-state index contributed by atoms with van der Waals surface area (Å²) in [6.07, 6.45) is 8.73. The summed E-state index contributed by atoms with van der Waals surface area (Å²) >= 11 is 0. The van der Waals surface area contributed by atoms with Crippen molar-refractivity contribution in [3.05, 3.63) is 0 Å². The lowest BCUT2D eigenvalue weighted by atomic mass is 9.44. The van der Waals surface area contributed by atoms with Gasteiger partial charge in [-0.1, -0.05) is 19.0 Å². The molecule has 4 saturated carbocycles. The average molecular weight is 390 g/mol. The smallest absolute Gasteiger partial charge is 0.207 e. The van der Waals surface area contributed by atoms with Crippen LogP contribution in [-0.4, -0.2) is 37.1 Å². The largest absolute Gasteiger partial charge is 0.395 e. The molecule has 7 atom stereocenters. The van der Waals surface area contributed by atoms with Gasteiger partial charge in [-0.3, -0.25) is 9.59 Å². The summed E-state index contributed by atoms with van der Waals surface area (Å²) in [5.74, 6) is 2.51. The maximum Gasteiger partial charge on any atom is 0.207 e. The molecule has 0 aliphatic heterocycles. The third-order valence-electron chi connectivity index (χ3n) is 8.94. The Bertz CT molecular complexity index is 665. The number of rotatable bonds is 5. The van der Waals surface area contributed by atoms with Gasteiger partial charge in [0, 0.05) is 24.4 Å². The molecule has 1 amide bonds. The molecule has 3 N–H and O–H groups in total. The fourth-order valence-corrected chi connectivity index (χ4v) is 7.46. The summed E-state index contributed by atoms with van der Waals surface area (Å²) in [7, 11) is 0. The van der Waals surface area contributed by atoms with Crippen molar-refractivity contribution in [2.75, 3.05) is 13.2 Å². The van der Waals surface area contributed by atoms with Crippen molar-refractivity contribution in [2.24, 2.45) is 45.4 Å². The molecular formula is C22H35N3O3. The van der Waals surface area contributed by atoms with Crippen LogP contribution in [0.1, 0.15) is 65.2 Å².